The number of pyridine rings is 1. The van der Waals surface area contributed by atoms with Gasteiger partial charge in [-0.2, -0.15) is 0 Å². The normalized spacial score (nSPS) is 10.4. The number of hydrogen-bond acceptors (Lipinski definition) is 3. The largest absolute Gasteiger partial charge is 0.457 e. The van der Waals surface area contributed by atoms with E-state index < -0.39 is 5.82 Å². The SMILES string of the molecule is Cc1cc(Oc2ccc(F)c(Cl)c2)c(CN)cn1. The fourth-order valence-electron chi connectivity index (χ4n) is 1.48. The van der Waals surface area contributed by atoms with Crippen LogP contribution in [0.4, 0.5) is 4.39 Å². The van der Waals surface area contributed by atoms with Crippen molar-refractivity contribution in [2.45, 2.75) is 13.5 Å². The molecule has 0 aliphatic heterocycles. The molecular weight excluding hydrogens is 255 g/mol. The van der Waals surface area contributed by atoms with Crippen molar-refractivity contribution in [2.24, 2.45) is 5.73 Å². The van der Waals surface area contributed by atoms with Crippen molar-refractivity contribution in [1.29, 1.82) is 0 Å². The fraction of sp³-hybridized carbons (Fsp3) is 0.154. The predicted molar refractivity (Wildman–Crippen MR) is 68.3 cm³/mol. The van der Waals surface area contributed by atoms with Crippen LogP contribution in [0.1, 0.15) is 11.3 Å². The summed E-state index contributed by atoms with van der Waals surface area (Å²) in [5.74, 6) is 0.586. The molecule has 0 atom stereocenters. The number of aromatic nitrogens is 1. The van der Waals surface area contributed by atoms with Crippen LogP contribution >= 0.6 is 11.6 Å². The lowest BCUT2D eigenvalue weighted by atomic mass is 10.2. The van der Waals surface area contributed by atoms with E-state index >= 15 is 0 Å². The summed E-state index contributed by atoms with van der Waals surface area (Å²) in [7, 11) is 0. The lowest BCUT2D eigenvalue weighted by Gasteiger charge is -2.10. The van der Waals surface area contributed by atoms with Gasteiger partial charge in [0.05, 0.1) is 5.02 Å². The van der Waals surface area contributed by atoms with Gasteiger partial charge < -0.3 is 10.5 Å². The van der Waals surface area contributed by atoms with Crippen molar-refractivity contribution in [3.63, 3.8) is 0 Å². The molecule has 0 radical (unpaired) electrons. The minimum atomic E-state index is -0.478. The first-order chi connectivity index (χ1) is 8.60. The maximum Gasteiger partial charge on any atom is 0.142 e. The van der Waals surface area contributed by atoms with Gasteiger partial charge in [0.15, 0.2) is 0 Å². The van der Waals surface area contributed by atoms with Crippen molar-refractivity contribution in [3.8, 4) is 11.5 Å². The third-order valence-electron chi connectivity index (χ3n) is 2.42. The van der Waals surface area contributed by atoms with Gasteiger partial charge in [-0.3, -0.25) is 4.98 Å². The third kappa shape index (κ3) is 2.78. The molecule has 1 aromatic carbocycles. The molecule has 0 saturated carbocycles. The van der Waals surface area contributed by atoms with Crippen LogP contribution in [0.5, 0.6) is 11.5 Å². The Kier molecular flexibility index (Phi) is 3.79. The second kappa shape index (κ2) is 5.33. The number of ether oxygens (including phenoxy) is 1. The summed E-state index contributed by atoms with van der Waals surface area (Å²) in [6.07, 6.45) is 1.66. The zero-order valence-corrected chi connectivity index (χ0v) is 10.5. The molecule has 0 saturated heterocycles. The predicted octanol–water partition coefficient (Wildman–Crippen LogP) is 3.43. The summed E-state index contributed by atoms with van der Waals surface area (Å²) < 4.78 is 18.7. The summed E-state index contributed by atoms with van der Waals surface area (Å²) in [5.41, 5.74) is 7.20. The second-order valence-corrected chi connectivity index (χ2v) is 4.22. The van der Waals surface area contributed by atoms with Gasteiger partial charge in [-0.1, -0.05) is 11.6 Å². The average Bonchev–Trinajstić information content (AvgIpc) is 2.34. The van der Waals surface area contributed by atoms with Crippen LogP contribution in [0.25, 0.3) is 0 Å². The molecule has 1 aromatic heterocycles. The van der Waals surface area contributed by atoms with E-state index in [2.05, 4.69) is 4.98 Å². The molecule has 0 amide bonds. The molecule has 0 unspecified atom stereocenters. The molecule has 0 spiro atoms. The monoisotopic (exact) mass is 266 g/mol. The Labute approximate surface area is 109 Å². The van der Waals surface area contributed by atoms with Crippen molar-refractivity contribution in [3.05, 3.63) is 52.6 Å². The Morgan fingerprint density at radius 2 is 2.17 bits per heavy atom. The van der Waals surface area contributed by atoms with Crippen LogP contribution in [0.3, 0.4) is 0 Å². The Morgan fingerprint density at radius 1 is 1.39 bits per heavy atom. The highest BCUT2D eigenvalue weighted by atomic mass is 35.5. The zero-order valence-electron chi connectivity index (χ0n) is 9.78. The Balaban J connectivity index is 2.33. The molecule has 0 aliphatic carbocycles. The number of hydrogen-bond donors (Lipinski definition) is 1. The minimum Gasteiger partial charge on any atom is -0.457 e. The first kappa shape index (κ1) is 12.8. The van der Waals surface area contributed by atoms with Crippen LogP contribution in [0.15, 0.2) is 30.5 Å². The van der Waals surface area contributed by atoms with Gasteiger partial charge in [0.1, 0.15) is 17.3 Å². The van der Waals surface area contributed by atoms with E-state index in [1.807, 2.05) is 6.92 Å². The van der Waals surface area contributed by atoms with Crippen LogP contribution in [-0.2, 0) is 6.54 Å². The van der Waals surface area contributed by atoms with E-state index in [0.717, 1.165) is 11.3 Å². The van der Waals surface area contributed by atoms with Gasteiger partial charge in [0.2, 0.25) is 0 Å². The Morgan fingerprint density at radius 3 is 2.83 bits per heavy atom. The number of rotatable bonds is 3. The van der Waals surface area contributed by atoms with Crippen molar-refractivity contribution < 1.29 is 9.13 Å². The first-order valence-corrected chi connectivity index (χ1v) is 5.76. The topological polar surface area (TPSA) is 48.1 Å². The van der Waals surface area contributed by atoms with Gasteiger partial charge in [-0.25, -0.2) is 4.39 Å². The van der Waals surface area contributed by atoms with E-state index in [1.54, 1.807) is 12.3 Å². The molecule has 3 nitrogen and oxygen atoms in total. The number of nitrogens with zero attached hydrogens (tertiary/aromatic N) is 1. The van der Waals surface area contributed by atoms with Gasteiger partial charge in [-0.05, 0) is 19.1 Å². The van der Waals surface area contributed by atoms with Crippen molar-refractivity contribution >= 4 is 11.6 Å². The molecule has 1 heterocycles. The number of halogens is 2. The van der Waals surface area contributed by atoms with Crippen LogP contribution < -0.4 is 10.5 Å². The molecule has 2 N–H and O–H groups in total. The maximum absolute atomic E-state index is 13.0. The van der Waals surface area contributed by atoms with Crippen LogP contribution in [0.2, 0.25) is 5.02 Å². The summed E-state index contributed by atoms with van der Waals surface area (Å²) in [6.45, 7) is 2.17. The van der Waals surface area contributed by atoms with E-state index in [0.29, 0.717) is 18.0 Å². The van der Waals surface area contributed by atoms with Crippen molar-refractivity contribution in [1.82, 2.24) is 4.98 Å². The molecule has 2 aromatic rings. The third-order valence-corrected chi connectivity index (χ3v) is 2.71. The van der Waals surface area contributed by atoms with E-state index in [-0.39, 0.29) is 5.02 Å². The fourth-order valence-corrected chi connectivity index (χ4v) is 1.65. The minimum absolute atomic E-state index is 0.0209. The first-order valence-electron chi connectivity index (χ1n) is 5.38. The Bertz CT molecular complexity index is 575. The average molecular weight is 267 g/mol. The molecule has 0 aliphatic rings. The van der Waals surface area contributed by atoms with Crippen molar-refractivity contribution in [2.75, 3.05) is 0 Å². The standard InChI is InChI=1S/C13H12ClFN2O/c1-8-4-13(9(6-16)7-17-8)18-10-2-3-12(15)11(14)5-10/h2-5,7H,6,16H2,1H3. The lowest BCUT2D eigenvalue weighted by molar-refractivity contribution is 0.473. The number of aryl methyl sites for hydroxylation is 1. The molecule has 2 rings (SSSR count). The zero-order chi connectivity index (χ0) is 13.1. The molecule has 5 heteroatoms. The van der Waals surface area contributed by atoms with Crippen LogP contribution in [-0.4, -0.2) is 4.98 Å². The smallest absolute Gasteiger partial charge is 0.142 e. The molecule has 0 bridgehead atoms. The maximum atomic E-state index is 13.0. The quantitative estimate of drug-likeness (QED) is 0.926. The van der Waals surface area contributed by atoms with E-state index in [4.69, 9.17) is 22.1 Å². The van der Waals surface area contributed by atoms with Gasteiger partial charge >= 0.3 is 0 Å². The van der Waals surface area contributed by atoms with Gasteiger partial charge in [0.25, 0.3) is 0 Å². The number of benzene rings is 1. The highest BCUT2D eigenvalue weighted by Gasteiger charge is 2.07. The highest BCUT2D eigenvalue weighted by molar-refractivity contribution is 6.30. The second-order valence-electron chi connectivity index (χ2n) is 3.82. The lowest BCUT2D eigenvalue weighted by Crippen LogP contribution is -2.01. The van der Waals surface area contributed by atoms with Gasteiger partial charge in [-0.15, -0.1) is 0 Å². The molecule has 18 heavy (non-hydrogen) atoms. The van der Waals surface area contributed by atoms with E-state index in [1.165, 1.54) is 18.2 Å². The summed E-state index contributed by atoms with van der Waals surface area (Å²) in [6, 6.07) is 5.97. The Hall–Kier alpha value is -1.65. The summed E-state index contributed by atoms with van der Waals surface area (Å²) in [5, 5.41) is 0.0209. The van der Waals surface area contributed by atoms with Gasteiger partial charge in [0, 0.05) is 36.1 Å². The van der Waals surface area contributed by atoms with Crippen LogP contribution in [0, 0.1) is 12.7 Å². The van der Waals surface area contributed by atoms with E-state index in [9.17, 15) is 4.39 Å². The molecule has 94 valence electrons. The number of nitrogens with two attached hydrogens (primary N) is 1. The highest BCUT2D eigenvalue weighted by Crippen LogP contribution is 2.28. The molecular formula is C13H12ClFN2O. The summed E-state index contributed by atoms with van der Waals surface area (Å²) >= 11 is 5.69. The molecule has 0 fully saturated rings. The summed E-state index contributed by atoms with van der Waals surface area (Å²) in [4.78, 5) is 4.14.